The molecule has 0 aliphatic heterocycles. The van der Waals surface area contributed by atoms with Gasteiger partial charge in [0.2, 0.25) is 0 Å². The van der Waals surface area contributed by atoms with Crippen LogP contribution in [0.2, 0.25) is 0 Å². The zero-order chi connectivity index (χ0) is 12.0. The Bertz CT molecular complexity index is 197. The van der Waals surface area contributed by atoms with Gasteiger partial charge in [0.15, 0.2) is 0 Å². The van der Waals surface area contributed by atoms with E-state index in [1.165, 1.54) is 25.7 Å². The van der Waals surface area contributed by atoms with Crippen LogP contribution in [0, 0.1) is 17.8 Å². The van der Waals surface area contributed by atoms with Crippen molar-refractivity contribution in [3.63, 3.8) is 0 Å². The van der Waals surface area contributed by atoms with Crippen LogP contribution in [0.3, 0.4) is 0 Å². The second-order valence-corrected chi connectivity index (χ2v) is 6.14. The van der Waals surface area contributed by atoms with Crippen molar-refractivity contribution in [2.45, 2.75) is 72.1 Å². The minimum absolute atomic E-state index is 0.490. The van der Waals surface area contributed by atoms with E-state index in [1.807, 2.05) is 0 Å². The highest BCUT2D eigenvalue weighted by atomic mass is 16.1. The molecule has 1 nitrogen and oxygen atoms in total. The minimum atomic E-state index is 0.490. The van der Waals surface area contributed by atoms with E-state index >= 15 is 0 Å². The van der Waals surface area contributed by atoms with Crippen LogP contribution in [0.25, 0.3) is 0 Å². The molecule has 0 aromatic heterocycles. The summed E-state index contributed by atoms with van der Waals surface area (Å²) in [6, 6.07) is 0. The summed E-state index contributed by atoms with van der Waals surface area (Å²) in [5.41, 5.74) is 0. The van der Waals surface area contributed by atoms with Crippen LogP contribution in [-0.2, 0) is 4.79 Å². The molecule has 0 amide bonds. The molecule has 0 N–H and O–H groups in total. The average Bonchev–Trinajstić information content (AvgIpc) is 2.25. The number of rotatable bonds is 6. The second kappa shape index (κ2) is 7.09. The first-order valence-electron chi connectivity index (χ1n) is 7.09. The summed E-state index contributed by atoms with van der Waals surface area (Å²) in [4.78, 5) is 11.1. The molecule has 1 aliphatic rings. The maximum atomic E-state index is 11.1. The van der Waals surface area contributed by atoms with Gasteiger partial charge in [-0.25, -0.2) is 0 Å². The Morgan fingerprint density at radius 3 is 2.25 bits per heavy atom. The van der Waals surface area contributed by atoms with Gasteiger partial charge in [-0.2, -0.15) is 0 Å². The highest BCUT2D eigenvalue weighted by Gasteiger charge is 2.18. The van der Waals surface area contributed by atoms with E-state index in [-0.39, 0.29) is 0 Å². The van der Waals surface area contributed by atoms with E-state index in [1.54, 1.807) is 0 Å². The Morgan fingerprint density at radius 2 is 1.69 bits per heavy atom. The summed E-state index contributed by atoms with van der Waals surface area (Å²) in [6.45, 7) is 7.00. The van der Waals surface area contributed by atoms with Gasteiger partial charge in [0, 0.05) is 12.8 Å². The number of ketones is 1. The lowest BCUT2D eigenvalue weighted by Gasteiger charge is -2.22. The SMILES string of the molecule is CC(C)CCC(C)CCC1CCC(=O)CC1. The van der Waals surface area contributed by atoms with Crippen molar-refractivity contribution < 1.29 is 4.79 Å². The molecule has 16 heavy (non-hydrogen) atoms. The van der Waals surface area contributed by atoms with E-state index in [0.717, 1.165) is 43.4 Å². The van der Waals surface area contributed by atoms with Crippen molar-refractivity contribution in [1.82, 2.24) is 0 Å². The van der Waals surface area contributed by atoms with Crippen LogP contribution < -0.4 is 0 Å². The zero-order valence-corrected chi connectivity index (χ0v) is 11.3. The van der Waals surface area contributed by atoms with Gasteiger partial charge in [0.05, 0.1) is 0 Å². The number of carbonyl (C=O) groups excluding carboxylic acids is 1. The molecule has 1 saturated carbocycles. The van der Waals surface area contributed by atoms with Gasteiger partial charge in [-0.3, -0.25) is 4.79 Å². The fraction of sp³-hybridized carbons (Fsp3) is 0.933. The summed E-state index contributed by atoms with van der Waals surface area (Å²) in [6.07, 6.45) is 9.49. The fourth-order valence-electron chi connectivity index (χ4n) is 2.57. The van der Waals surface area contributed by atoms with Crippen molar-refractivity contribution >= 4 is 5.78 Å². The quantitative estimate of drug-likeness (QED) is 0.644. The number of hydrogen-bond acceptors (Lipinski definition) is 1. The molecule has 1 atom stereocenters. The largest absolute Gasteiger partial charge is 0.300 e. The maximum absolute atomic E-state index is 11.1. The molecule has 94 valence electrons. The van der Waals surface area contributed by atoms with Crippen LogP contribution in [0.15, 0.2) is 0 Å². The standard InChI is InChI=1S/C15H28O/c1-12(2)4-5-13(3)6-7-14-8-10-15(16)11-9-14/h12-14H,4-11H2,1-3H3. The Balaban J connectivity index is 2.07. The van der Waals surface area contributed by atoms with E-state index in [4.69, 9.17) is 0 Å². The first-order chi connectivity index (χ1) is 7.58. The Hall–Kier alpha value is -0.330. The summed E-state index contributed by atoms with van der Waals surface area (Å²) in [7, 11) is 0. The van der Waals surface area contributed by atoms with Crippen LogP contribution in [0.4, 0.5) is 0 Å². The van der Waals surface area contributed by atoms with Gasteiger partial charge in [0.1, 0.15) is 5.78 Å². The van der Waals surface area contributed by atoms with Crippen molar-refractivity contribution in [3.8, 4) is 0 Å². The smallest absolute Gasteiger partial charge is 0.132 e. The van der Waals surface area contributed by atoms with Crippen molar-refractivity contribution in [3.05, 3.63) is 0 Å². The van der Waals surface area contributed by atoms with Crippen LogP contribution in [0.5, 0.6) is 0 Å². The summed E-state index contributed by atoms with van der Waals surface area (Å²) in [5.74, 6) is 3.05. The van der Waals surface area contributed by atoms with E-state index < -0.39 is 0 Å². The fourth-order valence-corrected chi connectivity index (χ4v) is 2.57. The summed E-state index contributed by atoms with van der Waals surface area (Å²) < 4.78 is 0. The highest BCUT2D eigenvalue weighted by Crippen LogP contribution is 2.28. The molecule has 0 aromatic rings. The van der Waals surface area contributed by atoms with Gasteiger partial charge in [0.25, 0.3) is 0 Å². The molecular formula is C15H28O. The number of hydrogen-bond donors (Lipinski definition) is 0. The predicted molar refractivity (Wildman–Crippen MR) is 69.4 cm³/mol. The van der Waals surface area contributed by atoms with Gasteiger partial charge < -0.3 is 0 Å². The Labute approximate surface area is 101 Å². The van der Waals surface area contributed by atoms with Gasteiger partial charge in [-0.05, 0) is 30.6 Å². The van der Waals surface area contributed by atoms with Gasteiger partial charge in [-0.15, -0.1) is 0 Å². The molecule has 1 unspecified atom stereocenters. The first kappa shape index (κ1) is 13.7. The molecule has 0 radical (unpaired) electrons. The lowest BCUT2D eigenvalue weighted by molar-refractivity contribution is -0.121. The molecule has 1 fully saturated rings. The molecule has 1 rings (SSSR count). The van der Waals surface area contributed by atoms with E-state index in [2.05, 4.69) is 20.8 Å². The van der Waals surface area contributed by atoms with Crippen LogP contribution in [0.1, 0.15) is 72.1 Å². The minimum Gasteiger partial charge on any atom is -0.300 e. The molecule has 1 aliphatic carbocycles. The molecule has 0 aromatic carbocycles. The van der Waals surface area contributed by atoms with Crippen molar-refractivity contribution in [1.29, 1.82) is 0 Å². The van der Waals surface area contributed by atoms with Gasteiger partial charge in [-0.1, -0.05) is 46.5 Å². The molecule has 0 heterocycles. The average molecular weight is 224 g/mol. The summed E-state index contributed by atoms with van der Waals surface area (Å²) in [5, 5.41) is 0. The molecule has 0 bridgehead atoms. The maximum Gasteiger partial charge on any atom is 0.132 e. The molecule has 0 spiro atoms. The van der Waals surface area contributed by atoms with E-state index in [0.29, 0.717) is 5.78 Å². The normalized spacial score (nSPS) is 20.4. The third-order valence-electron chi connectivity index (χ3n) is 3.97. The number of Topliss-reactive ketones (excluding diaryl/α,β-unsaturated/α-hetero) is 1. The summed E-state index contributed by atoms with van der Waals surface area (Å²) >= 11 is 0. The lowest BCUT2D eigenvalue weighted by atomic mass is 9.83. The molecule has 1 heteroatoms. The monoisotopic (exact) mass is 224 g/mol. The highest BCUT2D eigenvalue weighted by molar-refractivity contribution is 5.78. The van der Waals surface area contributed by atoms with Crippen molar-refractivity contribution in [2.24, 2.45) is 17.8 Å². The number of carbonyl (C=O) groups is 1. The van der Waals surface area contributed by atoms with Crippen LogP contribution >= 0.6 is 0 Å². The third-order valence-corrected chi connectivity index (χ3v) is 3.97. The lowest BCUT2D eigenvalue weighted by Crippen LogP contribution is -2.14. The van der Waals surface area contributed by atoms with E-state index in [9.17, 15) is 4.79 Å². The Morgan fingerprint density at radius 1 is 1.06 bits per heavy atom. The predicted octanol–water partition coefficient (Wildman–Crippen LogP) is 4.60. The molecular weight excluding hydrogens is 196 g/mol. The van der Waals surface area contributed by atoms with Crippen LogP contribution in [-0.4, -0.2) is 5.78 Å². The first-order valence-corrected chi connectivity index (χ1v) is 7.09. The van der Waals surface area contributed by atoms with Gasteiger partial charge >= 0.3 is 0 Å². The zero-order valence-electron chi connectivity index (χ0n) is 11.3. The topological polar surface area (TPSA) is 17.1 Å². The Kier molecular flexibility index (Phi) is 6.08. The second-order valence-electron chi connectivity index (χ2n) is 6.14. The van der Waals surface area contributed by atoms with Crippen molar-refractivity contribution in [2.75, 3.05) is 0 Å². The third kappa shape index (κ3) is 5.67. The molecule has 0 saturated heterocycles.